The zero-order chi connectivity index (χ0) is 15.8. The third-order valence-electron chi connectivity index (χ3n) is 3.73. The van der Waals surface area contributed by atoms with Gasteiger partial charge in [0.25, 0.3) is 0 Å². The molecule has 0 spiro atoms. The van der Waals surface area contributed by atoms with Gasteiger partial charge in [0.05, 0.1) is 6.04 Å². The van der Waals surface area contributed by atoms with Crippen molar-refractivity contribution in [3.05, 3.63) is 66.0 Å². The maximum Gasteiger partial charge on any atom is 0.239 e. The number of hydrogen-bond acceptors (Lipinski definition) is 3. The van der Waals surface area contributed by atoms with Crippen molar-refractivity contribution in [3.63, 3.8) is 0 Å². The second-order valence-corrected chi connectivity index (χ2v) is 5.36. The second-order valence-electron chi connectivity index (χ2n) is 5.36. The van der Waals surface area contributed by atoms with Crippen LogP contribution in [0.4, 0.5) is 0 Å². The highest BCUT2D eigenvalue weighted by atomic mass is 16.2. The Morgan fingerprint density at radius 3 is 2.55 bits per heavy atom. The summed E-state index contributed by atoms with van der Waals surface area (Å²) in [6.07, 6.45) is 3.25. The molecule has 0 saturated carbocycles. The lowest BCUT2D eigenvalue weighted by molar-refractivity contribution is -0.132. The van der Waals surface area contributed by atoms with Crippen LogP contribution in [0.25, 0.3) is 0 Å². The van der Waals surface area contributed by atoms with E-state index in [2.05, 4.69) is 10.3 Å². The first kappa shape index (κ1) is 16.2. The van der Waals surface area contributed by atoms with Crippen LogP contribution in [0.5, 0.6) is 0 Å². The van der Waals surface area contributed by atoms with Crippen LogP contribution < -0.4 is 5.32 Å². The van der Waals surface area contributed by atoms with Crippen LogP contribution in [0.15, 0.2) is 54.7 Å². The van der Waals surface area contributed by atoms with E-state index in [4.69, 9.17) is 0 Å². The van der Waals surface area contributed by atoms with Crippen molar-refractivity contribution in [1.82, 2.24) is 15.2 Å². The molecule has 0 radical (unpaired) electrons. The summed E-state index contributed by atoms with van der Waals surface area (Å²) in [4.78, 5) is 18.6. The summed E-state index contributed by atoms with van der Waals surface area (Å²) in [5, 5.41) is 3.12. The Kier molecular flexibility index (Phi) is 6.10. The van der Waals surface area contributed by atoms with Crippen molar-refractivity contribution in [3.8, 4) is 0 Å². The Balaban J connectivity index is 1.90. The van der Waals surface area contributed by atoms with Gasteiger partial charge in [0.15, 0.2) is 0 Å². The number of nitrogens with one attached hydrogen (secondary N) is 1. The van der Waals surface area contributed by atoms with E-state index in [0.717, 1.165) is 17.7 Å². The lowest BCUT2D eigenvalue weighted by atomic mass is 10.0. The van der Waals surface area contributed by atoms with Crippen molar-refractivity contribution >= 4 is 5.91 Å². The van der Waals surface area contributed by atoms with Crippen LogP contribution in [0.2, 0.25) is 0 Å². The molecule has 1 heterocycles. The topological polar surface area (TPSA) is 45.2 Å². The molecule has 2 aromatic rings. The summed E-state index contributed by atoms with van der Waals surface area (Å²) >= 11 is 0. The normalized spacial score (nSPS) is 11.9. The van der Waals surface area contributed by atoms with Crippen molar-refractivity contribution < 1.29 is 4.79 Å². The van der Waals surface area contributed by atoms with E-state index in [9.17, 15) is 4.79 Å². The van der Waals surface area contributed by atoms with Gasteiger partial charge in [-0.3, -0.25) is 9.78 Å². The van der Waals surface area contributed by atoms with E-state index in [0.29, 0.717) is 13.0 Å². The van der Waals surface area contributed by atoms with Gasteiger partial charge in [-0.1, -0.05) is 36.4 Å². The van der Waals surface area contributed by atoms with E-state index in [1.165, 1.54) is 0 Å². The number of likely N-dealkylation sites (N-methyl/N-ethyl adjacent to an activating group) is 2. The van der Waals surface area contributed by atoms with Crippen LogP contribution in [0, 0.1) is 0 Å². The Morgan fingerprint density at radius 2 is 1.91 bits per heavy atom. The fourth-order valence-electron chi connectivity index (χ4n) is 2.37. The molecule has 1 N–H and O–H groups in total. The monoisotopic (exact) mass is 297 g/mol. The van der Waals surface area contributed by atoms with Crippen LogP contribution in [0.3, 0.4) is 0 Å². The summed E-state index contributed by atoms with van der Waals surface area (Å²) in [7, 11) is 3.68. The van der Waals surface area contributed by atoms with Gasteiger partial charge in [-0.05, 0) is 31.2 Å². The minimum absolute atomic E-state index is 0.113. The molecular formula is C18H23N3O. The lowest BCUT2D eigenvalue weighted by Gasteiger charge is -2.23. The van der Waals surface area contributed by atoms with Crippen molar-refractivity contribution in [1.29, 1.82) is 0 Å². The average Bonchev–Trinajstić information content (AvgIpc) is 2.58. The molecule has 1 amide bonds. The summed E-state index contributed by atoms with van der Waals surface area (Å²) < 4.78 is 0. The van der Waals surface area contributed by atoms with Gasteiger partial charge < -0.3 is 10.2 Å². The van der Waals surface area contributed by atoms with Crippen LogP contribution >= 0.6 is 0 Å². The van der Waals surface area contributed by atoms with E-state index in [1.807, 2.05) is 62.6 Å². The molecule has 1 atom stereocenters. The predicted octanol–water partition coefficient (Wildman–Crippen LogP) is 1.91. The van der Waals surface area contributed by atoms with Gasteiger partial charge in [-0.2, -0.15) is 0 Å². The zero-order valence-electron chi connectivity index (χ0n) is 13.2. The van der Waals surface area contributed by atoms with Gasteiger partial charge in [0, 0.05) is 31.9 Å². The van der Waals surface area contributed by atoms with Gasteiger partial charge >= 0.3 is 0 Å². The molecule has 0 bridgehead atoms. The molecule has 0 saturated heterocycles. The quantitative estimate of drug-likeness (QED) is 0.849. The number of hydrogen-bond donors (Lipinski definition) is 1. The summed E-state index contributed by atoms with van der Waals surface area (Å²) in [6.45, 7) is 0.669. The van der Waals surface area contributed by atoms with E-state index in [1.54, 1.807) is 11.1 Å². The first-order valence-electron chi connectivity index (χ1n) is 7.57. The first-order valence-corrected chi connectivity index (χ1v) is 7.57. The summed E-state index contributed by atoms with van der Waals surface area (Å²) in [5.41, 5.74) is 2.17. The van der Waals surface area contributed by atoms with Crippen molar-refractivity contribution in [2.24, 2.45) is 0 Å². The maximum absolute atomic E-state index is 12.5. The van der Waals surface area contributed by atoms with Crippen molar-refractivity contribution in [2.45, 2.75) is 18.9 Å². The molecule has 1 aromatic carbocycles. The number of carbonyl (C=O) groups is 1. The van der Waals surface area contributed by atoms with Crippen LogP contribution in [-0.2, 0) is 17.6 Å². The van der Waals surface area contributed by atoms with E-state index in [-0.39, 0.29) is 11.9 Å². The highest BCUT2D eigenvalue weighted by Crippen LogP contribution is 2.06. The Morgan fingerprint density at radius 1 is 1.18 bits per heavy atom. The van der Waals surface area contributed by atoms with Gasteiger partial charge in [0.2, 0.25) is 5.91 Å². The minimum atomic E-state index is -0.198. The third-order valence-corrected chi connectivity index (χ3v) is 3.73. The van der Waals surface area contributed by atoms with Crippen molar-refractivity contribution in [2.75, 3.05) is 20.6 Å². The second kappa shape index (κ2) is 8.29. The highest BCUT2D eigenvalue weighted by molar-refractivity contribution is 5.82. The molecule has 0 aliphatic rings. The molecule has 0 fully saturated rings. The molecule has 4 nitrogen and oxygen atoms in total. The predicted molar refractivity (Wildman–Crippen MR) is 88.6 cm³/mol. The van der Waals surface area contributed by atoms with Gasteiger partial charge in [-0.25, -0.2) is 0 Å². The fraction of sp³-hybridized carbons (Fsp3) is 0.333. The van der Waals surface area contributed by atoms with Gasteiger partial charge in [0.1, 0.15) is 0 Å². The largest absolute Gasteiger partial charge is 0.344 e. The minimum Gasteiger partial charge on any atom is -0.344 e. The smallest absolute Gasteiger partial charge is 0.239 e. The molecule has 22 heavy (non-hydrogen) atoms. The summed E-state index contributed by atoms with van der Waals surface area (Å²) in [5.74, 6) is 0.113. The molecular weight excluding hydrogens is 274 g/mol. The maximum atomic E-state index is 12.5. The van der Waals surface area contributed by atoms with Gasteiger partial charge in [-0.15, -0.1) is 0 Å². The van der Waals surface area contributed by atoms with Crippen LogP contribution in [-0.4, -0.2) is 42.5 Å². The number of amides is 1. The summed E-state index contributed by atoms with van der Waals surface area (Å²) in [6, 6.07) is 15.7. The molecule has 116 valence electrons. The number of benzene rings is 1. The van der Waals surface area contributed by atoms with E-state index >= 15 is 0 Å². The number of nitrogens with zero attached hydrogens (tertiary/aromatic N) is 2. The average molecular weight is 297 g/mol. The molecule has 0 aliphatic carbocycles. The lowest BCUT2D eigenvalue weighted by Crippen LogP contribution is -2.45. The number of carbonyl (C=O) groups excluding carboxylic acids is 1. The number of pyridine rings is 1. The number of rotatable bonds is 7. The Labute approximate surface area is 132 Å². The SMILES string of the molecule is CN[C@@H](Cc1ccccc1)C(=O)N(C)CCc1ccccn1. The number of aromatic nitrogens is 1. The molecule has 0 unspecified atom stereocenters. The molecule has 1 aromatic heterocycles. The Bertz CT molecular complexity index is 571. The highest BCUT2D eigenvalue weighted by Gasteiger charge is 2.20. The van der Waals surface area contributed by atoms with Crippen LogP contribution in [0.1, 0.15) is 11.3 Å². The zero-order valence-corrected chi connectivity index (χ0v) is 13.2. The molecule has 0 aliphatic heterocycles. The fourth-order valence-corrected chi connectivity index (χ4v) is 2.37. The third kappa shape index (κ3) is 4.67. The standard InChI is InChI=1S/C18H23N3O/c1-19-17(14-15-8-4-3-5-9-15)18(22)21(2)13-11-16-10-6-7-12-20-16/h3-10,12,17,19H,11,13-14H2,1-2H3/t17-/m0/s1. The molecule has 4 heteroatoms. The van der Waals surface area contributed by atoms with E-state index < -0.39 is 0 Å². The first-order chi connectivity index (χ1) is 10.7. The molecule has 2 rings (SSSR count). The Hall–Kier alpha value is -2.20.